The fourth-order valence-electron chi connectivity index (χ4n) is 1.69. The van der Waals surface area contributed by atoms with Crippen LogP contribution in [0.4, 0.5) is 13.2 Å². The molecule has 0 saturated carbocycles. The highest BCUT2D eigenvalue weighted by atomic mass is 19.4. The molecule has 0 aliphatic carbocycles. The molecule has 3 nitrogen and oxygen atoms in total. The maximum absolute atomic E-state index is 12.5. The smallest absolute Gasteiger partial charge is 0.403 e. The lowest BCUT2D eigenvalue weighted by Crippen LogP contribution is -2.40. The summed E-state index contributed by atoms with van der Waals surface area (Å²) in [5.74, 6) is -4.17. The van der Waals surface area contributed by atoms with Crippen molar-refractivity contribution in [3.05, 3.63) is 35.9 Å². The Hall–Kier alpha value is -1.56. The van der Waals surface area contributed by atoms with E-state index in [0.29, 0.717) is 13.0 Å². The van der Waals surface area contributed by atoms with Crippen LogP contribution in [0.25, 0.3) is 0 Å². The molecule has 1 atom stereocenters. The third-order valence-electron chi connectivity index (χ3n) is 2.81. The SMILES string of the molecule is CN(CCc1ccccc1)CC(C(=O)O)C(F)(F)F. The predicted octanol–water partition coefficient (Wildman–Crippen LogP) is 2.42. The van der Waals surface area contributed by atoms with E-state index in [2.05, 4.69) is 0 Å². The van der Waals surface area contributed by atoms with E-state index in [4.69, 9.17) is 5.11 Å². The van der Waals surface area contributed by atoms with Crippen LogP contribution in [0.1, 0.15) is 5.56 Å². The monoisotopic (exact) mass is 275 g/mol. The van der Waals surface area contributed by atoms with Crippen molar-refractivity contribution in [1.82, 2.24) is 4.90 Å². The number of carbonyl (C=O) groups is 1. The second-order valence-corrected chi connectivity index (χ2v) is 4.43. The first-order valence-electron chi connectivity index (χ1n) is 5.82. The van der Waals surface area contributed by atoms with Gasteiger partial charge in [0.1, 0.15) is 0 Å². The zero-order valence-corrected chi connectivity index (χ0v) is 10.5. The molecule has 0 spiro atoms. The lowest BCUT2D eigenvalue weighted by atomic mass is 10.1. The number of hydrogen-bond acceptors (Lipinski definition) is 2. The highest BCUT2D eigenvalue weighted by Crippen LogP contribution is 2.27. The van der Waals surface area contributed by atoms with Gasteiger partial charge in [-0.2, -0.15) is 13.2 Å². The van der Waals surface area contributed by atoms with Gasteiger partial charge in [0.25, 0.3) is 0 Å². The van der Waals surface area contributed by atoms with Crippen molar-refractivity contribution in [2.75, 3.05) is 20.1 Å². The number of likely N-dealkylation sites (N-methyl/N-ethyl adjacent to an activating group) is 1. The van der Waals surface area contributed by atoms with Crippen LogP contribution in [0.2, 0.25) is 0 Å². The number of rotatable bonds is 6. The summed E-state index contributed by atoms with van der Waals surface area (Å²) >= 11 is 0. The number of carboxylic acid groups (broad SMARTS) is 1. The van der Waals surface area contributed by atoms with Gasteiger partial charge in [-0.05, 0) is 19.0 Å². The van der Waals surface area contributed by atoms with Crippen molar-refractivity contribution in [3.8, 4) is 0 Å². The third kappa shape index (κ3) is 5.30. The fraction of sp³-hybridized carbons (Fsp3) is 0.462. The molecule has 0 aliphatic heterocycles. The Morgan fingerprint density at radius 3 is 2.37 bits per heavy atom. The molecule has 0 amide bonds. The zero-order valence-electron chi connectivity index (χ0n) is 10.5. The number of benzene rings is 1. The summed E-state index contributed by atoms with van der Waals surface area (Å²) in [7, 11) is 1.49. The molecule has 0 aromatic heterocycles. The van der Waals surface area contributed by atoms with Crippen LogP contribution in [0.3, 0.4) is 0 Å². The van der Waals surface area contributed by atoms with Gasteiger partial charge in [0, 0.05) is 13.1 Å². The molecular weight excluding hydrogens is 259 g/mol. The van der Waals surface area contributed by atoms with Crippen molar-refractivity contribution in [2.24, 2.45) is 5.92 Å². The number of carboxylic acids is 1. The van der Waals surface area contributed by atoms with E-state index in [9.17, 15) is 18.0 Å². The summed E-state index contributed by atoms with van der Waals surface area (Å²) in [4.78, 5) is 12.0. The van der Waals surface area contributed by atoms with Crippen LogP contribution >= 0.6 is 0 Å². The van der Waals surface area contributed by atoms with E-state index < -0.39 is 24.6 Å². The van der Waals surface area contributed by atoms with E-state index >= 15 is 0 Å². The molecule has 1 unspecified atom stereocenters. The molecule has 1 aromatic carbocycles. The molecule has 19 heavy (non-hydrogen) atoms. The van der Waals surface area contributed by atoms with Gasteiger partial charge < -0.3 is 10.0 Å². The maximum atomic E-state index is 12.5. The van der Waals surface area contributed by atoms with Gasteiger partial charge in [-0.25, -0.2) is 0 Å². The Morgan fingerprint density at radius 1 is 1.32 bits per heavy atom. The summed E-state index contributed by atoms with van der Waals surface area (Å²) in [6.45, 7) is -0.157. The minimum Gasteiger partial charge on any atom is -0.481 e. The van der Waals surface area contributed by atoms with Crippen LogP contribution < -0.4 is 0 Å². The minimum atomic E-state index is -4.72. The van der Waals surface area contributed by atoms with Crippen LogP contribution in [0, 0.1) is 5.92 Å². The molecular formula is C13H16F3NO2. The topological polar surface area (TPSA) is 40.5 Å². The first-order valence-corrected chi connectivity index (χ1v) is 5.82. The molecule has 1 aromatic rings. The standard InChI is InChI=1S/C13H16F3NO2/c1-17(8-7-10-5-3-2-4-6-10)9-11(12(18)19)13(14,15)16/h2-6,11H,7-9H2,1H3,(H,18,19). The van der Waals surface area contributed by atoms with E-state index in [0.717, 1.165) is 5.56 Å². The first-order chi connectivity index (χ1) is 8.80. The van der Waals surface area contributed by atoms with Gasteiger partial charge >= 0.3 is 12.1 Å². The molecule has 0 aliphatic rings. The number of nitrogens with zero attached hydrogens (tertiary/aromatic N) is 1. The largest absolute Gasteiger partial charge is 0.481 e. The average molecular weight is 275 g/mol. The molecule has 0 radical (unpaired) electrons. The number of hydrogen-bond donors (Lipinski definition) is 1. The number of halogens is 3. The lowest BCUT2D eigenvalue weighted by Gasteiger charge is -2.23. The zero-order chi connectivity index (χ0) is 14.5. The molecule has 1 rings (SSSR count). The first kappa shape index (κ1) is 15.5. The second kappa shape index (κ2) is 6.56. The highest BCUT2D eigenvalue weighted by molar-refractivity contribution is 5.71. The third-order valence-corrected chi connectivity index (χ3v) is 2.81. The summed E-state index contributed by atoms with van der Waals surface area (Å²) < 4.78 is 37.5. The van der Waals surface area contributed by atoms with Gasteiger partial charge in [0.15, 0.2) is 5.92 Å². The second-order valence-electron chi connectivity index (χ2n) is 4.43. The summed E-state index contributed by atoms with van der Waals surface area (Å²) in [6.07, 6.45) is -4.13. The fourth-order valence-corrected chi connectivity index (χ4v) is 1.69. The highest BCUT2D eigenvalue weighted by Gasteiger charge is 2.45. The Labute approximate surface area is 109 Å². The van der Waals surface area contributed by atoms with E-state index in [1.54, 1.807) is 0 Å². The van der Waals surface area contributed by atoms with Crippen molar-refractivity contribution >= 4 is 5.97 Å². The summed E-state index contributed by atoms with van der Waals surface area (Å²) in [5.41, 5.74) is 1.01. The molecule has 1 N–H and O–H groups in total. The minimum absolute atomic E-state index is 0.379. The molecule has 6 heteroatoms. The predicted molar refractivity (Wildman–Crippen MR) is 64.8 cm³/mol. The maximum Gasteiger partial charge on any atom is 0.403 e. The normalized spacial score (nSPS) is 13.5. The average Bonchev–Trinajstić information content (AvgIpc) is 2.33. The van der Waals surface area contributed by atoms with Crippen molar-refractivity contribution < 1.29 is 23.1 Å². The summed E-state index contributed by atoms with van der Waals surface area (Å²) in [5, 5.41) is 8.60. The molecule has 106 valence electrons. The number of aliphatic carboxylic acids is 1. The van der Waals surface area contributed by atoms with E-state index in [1.807, 2.05) is 30.3 Å². The Balaban J connectivity index is 2.50. The lowest BCUT2D eigenvalue weighted by molar-refractivity contribution is -0.196. The Morgan fingerprint density at radius 2 is 1.89 bits per heavy atom. The van der Waals surface area contributed by atoms with Gasteiger partial charge in [-0.3, -0.25) is 4.79 Å². The van der Waals surface area contributed by atoms with Gasteiger partial charge in [0.05, 0.1) is 0 Å². The molecule has 0 saturated heterocycles. The van der Waals surface area contributed by atoms with Gasteiger partial charge in [-0.15, -0.1) is 0 Å². The number of alkyl halides is 3. The van der Waals surface area contributed by atoms with E-state index in [-0.39, 0.29) is 0 Å². The van der Waals surface area contributed by atoms with Crippen LogP contribution in [0.5, 0.6) is 0 Å². The van der Waals surface area contributed by atoms with Crippen LogP contribution in [0.15, 0.2) is 30.3 Å². The van der Waals surface area contributed by atoms with E-state index in [1.165, 1.54) is 11.9 Å². The Bertz CT molecular complexity index is 406. The summed E-state index contributed by atoms with van der Waals surface area (Å²) in [6, 6.07) is 9.33. The van der Waals surface area contributed by atoms with Gasteiger partial charge in [-0.1, -0.05) is 30.3 Å². The van der Waals surface area contributed by atoms with Crippen molar-refractivity contribution in [2.45, 2.75) is 12.6 Å². The van der Waals surface area contributed by atoms with Crippen molar-refractivity contribution in [1.29, 1.82) is 0 Å². The Kier molecular flexibility index (Phi) is 5.35. The van der Waals surface area contributed by atoms with Crippen LogP contribution in [-0.4, -0.2) is 42.3 Å². The molecule has 0 fully saturated rings. The molecule has 0 heterocycles. The van der Waals surface area contributed by atoms with Crippen molar-refractivity contribution in [3.63, 3.8) is 0 Å². The van der Waals surface area contributed by atoms with Crippen LogP contribution in [-0.2, 0) is 11.2 Å². The quantitative estimate of drug-likeness (QED) is 0.866. The van der Waals surface area contributed by atoms with Gasteiger partial charge in [0.2, 0.25) is 0 Å². The molecule has 0 bridgehead atoms.